The van der Waals surface area contributed by atoms with Crippen molar-refractivity contribution in [1.29, 1.82) is 0 Å². The molecule has 3 N–H and O–H groups in total. The monoisotopic (exact) mass is 428 g/mol. The summed E-state index contributed by atoms with van der Waals surface area (Å²) in [4.78, 5) is 0.0949. The first-order valence-electron chi connectivity index (χ1n) is 8.74. The van der Waals surface area contributed by atoms with Gasteiger partial charge in [-0.3, -0.25) is 4.57 Å². The maximum absolute atomic E-state index is 13.4. The zero-order chi connectivity index (χ0) is 20.8. The Hall–Kier alpha value is -1.90. The predicted molar refractivity (Wildman–Crippen MR) is 108 cm³/mol. The van der Waals surface area contributed by atoms with Crippen LogP contribution in [-0.2, 0) is 23.6 Å². The van der Waals surface area contributed by atoms with Gasteiger partial charge in [0.15, 0.2) is 5.78 Å². The Morgan fingerprint density at radius 3 is 2.11 bits per heavy atom. The highest BCUT2D eigenvalue weighted by Crippen LogP contribution is 2.61. The van der Waals surface area contributed by atoms with Crippen molar-refractivity contribution in [1.82, 2.24) is 4.72 Å². The maximum atomic E-state index is 13.4. The molecule has 0 aliphatic carbocycles. The summed E-state index contributed by atoms with van der Waals surface area (Å²) >= 11 is 0. The fraction of sp³-hybridized carbons (Fsp3) is 0.333. The van der Waals surface area contributed by atoms with Gasteiger partial charge in [0.1, 0.15) is 5.75 Å². The van der Waals surface area contributed by atoms with Gasteiger partial charge in [-0.25, -0.2) is 13.1 Å². The fourth-order valence-corrected chi connectivity index (χ4v) is 5.29. The summed E-state index contributed by atoms with van der Waals surface area (Å²) in [5.74, 6) is -1.05. The molecule has 0 radical (unpaired) electrons. The molecule has 0 amide bonds. The molecule has 2 aromatic rings. The van der Waals surface area contributed by atoms with Crippen molar-refractivity contribution in [3.8, 4) is 5.75 Å². The molecule has 1 atom stereocenters. The van der Waals surface area contributed by atoms with E-state index in [1.165, 1.54) is 25.2 Å². The quantitative estimate of drug-likeness (QED) is 0.495. The number of phenolic OH excluding ortho intramolecular Hbond substituents is 1. The van der Waals surface area contributed by atoms with Crippen molar-refractivity contribution in [2.45, 2.75) is 24.5 Å². The highest BCUT2D eigenvalue weighted by Gasteiger charge is 2.38. The predicted octanol–water partition coefficient (Wildman–Crippen LogP) is 3.68. The van der Waals surface area contributed by atoms with Crippen molar-refractivity contribution in [2.24, 2.45) is 0 Å². The minimum Gasteiger partial charge on any atom is -0.508 e. The molecule has 2 aromatic carbocycles. The SMILES string of the molecule is CCOP(=O)(OCC)C(Nc1ccc(S(=O)(=O)NC)cc1)c1ccccc1O. The first-order valence-corrected chi connectivity index (χ1v) is 11.8. The lowest BCUT2D eigenvalue weighted by atomic mass is 10.2. The molecule has 0 aliphatic heterocycles. The zero-order valence-corrected chi connectivity index (χ0v) is 17.7. The van der Waals surface area contributed by atoms with Crippen molar-refractivity contribution in [3.05, 3.63) is 54.1 Å². The van der Waals surface area contributed by atoms with E-state index >= 15 is 0 Å². The van der Waals surface area contributed by atoms with Gasteiger partial charge in [-0.1, -0.05) is 18.2 Å². The maximum Gasteiger partial charge on any atom is 0.357 e. The smallest absolute Gasteiger partial charge is 0.357 e. The molecule has 0 heterocycles. The van der Waals surface area contributed by atoms with Crippen molar-refractivity contribution < 1.29 is 27.1 Å². The molecular formula is C18H25N2O6PS. The number of nitrogens with one attached hydrogen (secondary N) is 2. The topological polar surface area (TPSA) is 114 Å². The lowest BCUT2D eigenvalue weighted by Gasteiger charge is -2.28. The number of rotatable bonds is 10. The Balaban J connectivity index is 2.46. The summed E-state index contributed by atoms with van der Waals surface area (Å²) in [7, 11) is -5.94. The third kappa shape index (κ3) is 5.12. The first kappa shape index (κ1) is 22.4. The Morgan fingerprint density at radius 1 is 1.04 bits per heavy atom. The van der Waals surface area contributed by atoms with Gasteiger partial charge in [-0.05, 0) is 51.2 Å². The number of hydrogen-bond donors (Lipinski definition) is 3. The van der Waals surface area contributed by atoms with E-state index in [4.69, 9.17) is 9.05 Å². The van der Waals surface area contributed by atoms with Gasteiger partial charge in [-0.2, -0.15) is 0 Å². The van der Waals surface area contributed by atoms with Crippen molar-refractivity contribution in [2.75, 3.05) is 25.6 Å². The van der Waals surface area contributed by atoms with Gasteiger partial charge in [0, 0.05) is 11.3 Å². The van der Waals surface area contributed by atoms with Crippen LogP contribution in [0.2, 0.25) is 0 Å². The van der Waals surface area contributed by atoms with Crippen molar-refractivity contribution >= 4 is 23.3 Å². The van der Waals surface area contributed by atoms with Crippen LogP contribution in [0.25, 0.3) is 0 Å². The molecule has 1 unspecified atom stereocenters. The molecule has 0 bridgehead atoms. The molecule has 0 aliphatic rings. The molecule has 0 saturated carbocycles. The Kier molecular flexibility index (Phi) is 7.63. The fourth-order valence-electron chi connectivity index (χ4n) is 2.60. The van der Waals surface area contributed by atoms with E-state index < -0.39 is 23.4 Å². The number of sulfonamides is 1. The minimum absolute atomic E-state index is 0.0611. The number of aromatic hydroxyl groups is 1. The van der Waals surface area contributed by atoms with E-state index in [0.717, 1.165) is 0 Å². The third-order valence-corrected chi connectivity index (χ3v) is 7.61. The van der Waals surface area contributed by atoms with Gasteiger partial charge in [0.2, 0.25) is 10.0 Å². The second-order valence-electron chi connectivity index (χ2n) is 5.71. The molecule has 10 heteroatoms. The number of para-hydroxylation sites is 1. The third-order valence-electron chi connectivity index (χ3n) is 3.90. The molecular weight excluding hydrogens is 403 g/mol. The Labute approximate surface area is 165 Å². The van der Waals surface area contributed by atoms with E-state index in [9.17, 15) is 18.1 Å². The van der Waals surface area contributed by atoms with Crippen LogP contribution in [0.1, 0.15) is 25.2 Å². The van der Waals surface area contributed by atoms with Crippen LogP contribution in [0.5, 0.6) is 5.75 Å². The standard InChI is InChI=1S/C18H25N2O6PS/c1-4-25-27(22,26-5-2)18(16-8-6-7-9-17(16)21)20-14-10-12-15(13-11-14)28(23,24)19-3/h6-13,18-21H,4-5H2,1-3H3. The van der Waals surface area contributed by atoms with Gasteiger partial charge in [-0.15, -0.1) is 0 Å². The molecule has 2 rings (SSSR count). The van der Waals surface area contributed by atoms with Crippen LogP contribution in [0.3, 0.4) is 0 Å². The number of hydrogen-bond acceptors (Lipinski definition) is 7. The largest absolute Gasteiger partial charge is 0.508 e. The minimum atomic E-state index is -3.70. The first-order chi connectivity index (χ1) is 13.3. The van der Waals surface area contributed by atoms with Crippen LogP contribution < -0.4 is 10.0 Å². The van der Waals surface area contributed by atoms with E-state index in [-0.39, 0.29) is 23.9 Å². The van der Waals surface area contributed by atoms with Gasteiger partial charge in [0.05, 0.1) is 18.1 Å². The number of anilines is 1. The summed E-state index contributed by atoms with van der Waals surface area (Å²) in [5.41, 5.74) is 0.836. The molecule has 8 nitrogen and oxygen atoms in total. The highest BCUT2D eigenvalue weighted by molar-refractivity contribution is 7.89. The molecule has 154 valence electrons. The van der Waals surface area contributed by atoms with E-state index in [0.29, 0.717) is 11.3 Å². The zero-order valence-electron chi connectivity index (χ0n) is 16.0. The van der Waals surface area contributed by atoms with Crippen LogP contribution in [0.4, 0.5) is 5.69 Å². The highest BCUT2D eigenvalue weighted by atomic mass is 32.2. The lowest BCUT2D eigenvalue weighted by molar-refractivity contribution is 0.213. The van der Waals surface area contributed by atoms with E-state index in [1.54, 1.807) is 44.2 Å². The van der Waals surface area contributed by atoms with Gasteiger partial charge in [0.25, 0.3) is 0 Å². The normalized spacial score (nSPS) is 13.2. The summed E-state index contributed by atoms with van der Waals surface area (Å²) in [6.45, 7) is 3.71. The molecule has 0 aromatic heterocycles. The van der Waals surface area contributed by atoms with Gasteiger partial charge < -0.3 is 19.5 Å². The number of benzene rings is 2. The average molecular weight is 428 g/mol. The second kappa shape index (κ2) is 9.54. The van der Waals surface area contributed by atoms with Crippen molar-refractivity contribution in [3.63, 3.8) is 0 Å². The lowest BCUT2D eigenvalue weighted by Crippen LogP contribution is -2.18. The summed E-state index contributed by atoms with van der Waals surface area (Å²) in [6.07, 6.45) is 0. The van der Waals surface area contributed by atoms with Gasteiger partial charge >= 0.3 is 7.60 Å². The summed E-state index contributed by atoms with van der Waals surface area (Å²) in [6, 6.07) is 12.4. The Morgan fingerprint density at radius 2 is 1.61 bits per heavy atom. The molecule has 28 heavy (non-hydrogen) atoms. The van der Waals surface area contributed by atoms with Crippen LogP contribution in [0, 0.1) is 0 Å². The second-order valence-corrected chi connectivity index (χ2v) is 9.71. The average Bonchev–Trinajstić information content (AvgIpc) is 2.67. The summed E-state index contributed by atoms with van der Waals surface area (Å²) < 4.78 is 50.4. The summed E-state index contributed by atoms with van der Waals surface area (Å²) in [5, 5.41) is 13.3. The molecule has 0 saturated heterocycles. The van der Waals surface area contributed by atoms with Crippen LogP contribution >= 0.6 is 7.60 Å². The number of phenols is 1. The van der Waals surface area contributed by atoms with E-state index in [2.05, 4.69) is 10.0 Å². The molecule has 0 fully saturated rings. The molecule has 0 spiro atoms. The van der Waals surface area contributed by atoms with E-state index in [1.807, 2.05) is 0 Å². The van der Waals surface area contributed by atoms with Crippen LogP contribution in [0.15, 0.2) is 53.4 Å². The van der Waals surface area contributed by atoms with Crippen LogP contribution in [-0.4, -0.2) is 33.8 Å². The Bertz CT molecular complexity index is 923.